The molecule has 4 heterocycles. The second-order valence-corrected chi connectivity index (χ2v) is 9.60. The summed E-state index contributed by atoms with van der Waals surface area (Å²) in [5, 5.41) is 5.85. The van der Waals surface area contributed by atoms with E-state index in [1.165, 1.54) is 30.9 Å². The van der Waals surface area contributed by atoms with Crippen LogP contribution in [0.25, 0.3) is 69.9 Å². The van der Waals surface area contributed by atoms with E-state index >= 15 is 0 Å². The van der Waals surface area contributed by atoms with Gasteiger partial charge in [-0.2, -0.15) is 0 Å². The van der Waals surface area contributed by atoms with Gasteiger partial charge in [0.25, 0.3) is 0 Å². The van der Waals surface area contributed by atoms with E-state index in [9.17, 15) is 0 Å². The smallest absolute Gasteiger partial charge is 0.160 e. The fourth-order valence-corrected chi connectivity index (χ4v) is 6.32. The van der Waals surface area contributed by atoms with Crippen molar-refractivity contribution >= 4 is 69.9 Å². The van der Waals surface area contributed by atoms with Crippen LogP contribution < -0.4 is 0 Å². The van der Waals surface area contributed by atoms with Crippen molar-refractivity contribution in [2.75, 3.05) is 0 Å². The highest BCUT2D eigenvalue weighted by molar-refractivity contribution is 7.26. The summed E-state index contributed by atoms with van der Waals surface area (Å²) in [5.74, 6) is 0.740. The summed E-state index contributed by atoms with van der Waals surface area (Å²) >= 11 is 1.79. The van der Waals surface area contributed by atoms with E-state index in [0.717, 1.165) is 39.0 Å². The third-order valence-corrected chi connectivity index (χ3v) is 7.84. The van der Waals surface area contributed by atoms with Crippen LogP contribution in [-0.2, 0) is 0 Å². The Kier molecular flexibility index (Phi) is 3.51. The van der Waals surface area contributed by atoms with Crippen LogP contribution in [0.5, 0.6) is 0 Å². The van der Waals surface area contributed by atoms with Gasteiger partial charge in [-0.05, 0) is 41.1 Å². The van der Waals surface area contributed by atoms with Gasteiger partial charge in [-0.25, -0.2) is 15.0 Å². The van der Waals surface area contributed by atoms with Gasteiger partial charge < -0.3 is 0 Å². The Bertz CT molecular complexity index is 2080. The summed E-state index contributed by atoms with van der Waals surface area (Å²) in [6.45, 7) is 0. The molecular weight excluding hydrogens is 436 g/mol. The molecule has 0 N–H and O–H groups in total. The Hall–Kier alpha value is -4.35. The highest BCUT2D eigenvalue weighted by Gasteiger charge is 2.19. The van der Waals surface area contributed by atoms with Crippen LogP contribution in [0, 0.1) is 0 Å². The summed E-state index contributed by atoms with van der Waals surface area (Å²) in [7, 11) is 0. The standard InChI is InChI=1S/C29H16N4S/c1-2-8-18-17(7-1)12-13-22-21(18)16-30-29(31-22)20-15-23-27(32-25-11-5-6-14-33(23)25)28-26(20)19-9-3-4-10-24(19)34-28/h1-16H. The van der Waals surface area contributed by atoms with Gasteiger partial charge in [0.2, 0.25) is 0 Å². The van der Waals surface area contributed by atoms with Gasteiger partial charge in [0, 0.05) is 38.8 Å². The first kappa shape index (κ1) is 18.1. The lowest BCUT2D eigenvalue weighted by molar-refractivity contribution is 1.22. The number of nitrogens with zero attached hydrogens (tertiary/aromatic N) is 4. The quantitative estimate of drug-likeness (QED) is 0.241. The molecule has 0 saturated heterocycles. The van der Waals surface area contributed by atoms with E-state index in [4.69, 9.17) is 15.0 Å². The average molecular weight is 453 g/mol. The molecule has 158 valence electrons. The molecule has 0 bridgehead atoms. The minimum absolute atomic E-state index is 0.740. The second-order valence-electron chi connectivity index (χ2n) is 8.55. The molecule has 0 unspecified atom stereocenters. The molecular formula is C29H16N4S. The zero-order chi connectivity index (χ0) is 22.2. The van der Waals surface area contributed by atoms with Crippen molar-refractivity contribution in [1.29, 1.82) is 0 Å². The van der Waals surface area contributed by atoms with Crippen molar-refractivity contribution in [1.82, 2.24) is 19.4 Å². The van der Waals surface area contributed by atoms with E-state index in [-0.39, 0.29) is 0 Å². The molecule has 0 spiro atoms. The van der Waals surface area contributed by atoms with Crippen molar-refractivity contribution in [2.45, 2.75) is 0 Å². The van der Waals surface area contributed by atoms with Gasteiger partial charge in [0.05, 0.1) is 15.7 Å². The molecule has 4 aromatic heterocycles. The summed E-state index contributed by atoms with van der Waals surface area (Å²) in [4.78, 5) is 15.0. The van der Waals surface area contributed by atoms with E-state index < -0.39 is 0 Å². The van der Waals surface area contributed by atoms with Crippen molar-refractivity contribution in [3.05, 3.63) is 97.3 Å². The number of benzene rings is 4. The van der Waals surface area contributed by atoms with Crippen LogP contribution in [0.1, 0.15) is 0 Å². The topological polar surface area (TPSA) is 43.1 Å². The minimum Gasteiger partial charge on any atom is -0.300 e. The maximum absolute atomic E-state index is 5.07. The van der Waals surface area contributed by atoms with E-state index in [1.54, 1.807) is 11.3 Å². The lowest BCUT2D eigenvalue weighted by Gasteiger charge is -2.08. The molecule has 4 nitrogen and oxygen atoms in total. The number of hydrogen-bond acceptors (Lipinski definition) is 4. The number of pyridine rings is 1. The molecule has 0 aliphatic rings. The van der Waals surface area contributed by atoms with E-state index in [1.807, 2.05) is 18.3 Å². The van der Waals surface area contributed by atoms with Gasteiger partial charge in [-0.3, -0.25) is 4.40 Å². The largest absolute Gasteiger partial charge is 0.300 e. The Morgan fingerprint density at radius 2 is 1.59 bits per heavy atom. The lowest BCUT2D eigenvalue weighted by Crippen LogP contribution is -1.92. The molecule has 5 heteroatoms. The molecule has 8 rings (SSSR count). The van der Waals surface area contributed by atoms with Crippen molar-refractivity contribution in [3.8, 4) is 11.4 Å². The zero-order valence-corrected chi connectivity index (χ0v) is 18.8. The summed E-state index contributed by atoms with van der Waals surface area (Å²) < 4.78 is 4.58. The third-order valence-electron chi connectivity index (χ3n) is 6.66. The van der Waals surface area contributed by atoms with Crippen LogP contribution in [-0.4, -0.2) is 19.4 Å². The molecule has 0 fully saturated rings. The van der Waals surface area contributed by atoms with Crippen LogP contribution >= 0.6 is 11.3 Å². The predicted octanol–water partition coefficient (Wildman–Crippen LogP) is 7.62. The highest BCUT2D eigenvalue weighted by atomic mass is 32.1. The molecule has 0 atom stereocenters. The summed E-state index contributed by atoms with van der Waals surface area (Å²) in [6.07, 6.45) is 4.04. The minimum atomic E-state index is 0.740. The lowest BCUT2D eigenvalue weighted by atomic mass is 10.0. The van der Waals surface area contributed by atoms with Gasteiger partial charge in [0.15, 0.2) is 5.82 Å². The van der Waals surface area contributed by atoms with Gasteiger partial charge in [-0.1, -0.05) is 54.6 Å². The fraction of sp³-hybridized carbons (Fsp3) is 0. The van der Waals surface area contributed by atoms with Crippen molar-refractivity contribution < 1.29 is 0 Å². The molecule has 0 aliphatic carbocycles. The molecule has 0 aliphatic heterocycles. The van der Waals surface area contributed by atoms with Crippen molar-refractivity contribution in [2.24, 2.45) is 0 Å². The fourth-order valence-electron chi connectivity index (χ4n) is 5.10. The van der Waals surface area contributed by atoms with Crippen molar-refractivity contribution in [3.63, 3.8) is 0 Å². The first-order chi connectivity index (χ1) is 16.8. The van der Waals surface area contributed by atoms with Gasteiger partial charge in [-0.15, -0.1) is 11.3 Å². The molecule has 0 radical (unpaired) electrons. The zero-order valence-electron chi connectivity index (χ0n) is 17.9. The maximum atomic E-state index is 5.07. The predicted molar refractivity (Wildman–Crippen MR) is 142 cm³/mol. The number of fused-ring (bicyclic) bond motifs is 10. The molecule has 0 amide bonds. The normalized spacial score (nSPS) is 12.1. The average Bonchev–Trinajstić information content (AvgIpc) is 3.47. The monoisotopic (exact) mass is 452 g/mol. The maximum Gasteiger partial charge on any atom is 0.160 e. The molecule has 34 heavy (non-hydrogen) atoms. The Morgan fingerprint density at radius 1 is 0.735 bits per heavy atom. The number of imidazole rings is 1. The Labute approximate surface area is 197 Å². The van der Waals surface area contributed by atoms with E-state index in [2.05, 4.69) is 83.4 Å². The molecule has 4 aromatic carbocycles. The number of rotatable bonds is 1. The Morgan fingerprint density at radius 3 is 2.56 bits per heavy atom. The molecule has 0 saturated carbocycles. The van der Waals surface area contributed by atoms with Gasteiger partial charge in [0.1, 0.15) is 11.2 Å². The first-order valence-corrected chi connectivity index (χ1v) is 12.0. The second kappa shape index (κ2) is 6.59. The van der Waals surface area contributed by atoms with Gasteiger partial charge >= 0.3 is 0 Å². The highest BCUT2D eigenvalue weighted by Crippen LogP contribution is 2.43. The Balaban J connectivity index is 1.53. The third kappa shape index (κ3) is 2.39. The molecule has 8 aromatic rings. The number of aromatic nitrogens is 4. The van der Waals surface area contributed by atoms with Crippen LogP contribution in [0.4, 0.5) is 0 Å². The summed E-state index contributed by atoms with van der Waals surface area (Å²) in [5.41, 5.74) is 5.04. The first-order valence-electron chi connectivity index (χ1n) is 11.2. The number of hydrogen-bond donors (Lipinski definition) is 0. The van der Waals surface area contributed by atoms with Crippen LogP contribution in [0.2, 0.25) is 0 Å². The summed E-state index contributed by atoms with van der Waals surface area (Å²) in [6, 6.07) is 29.5. The van der Waals surface area contributed by atoms with Crippen LogP contribution in [0.3, 0.4) is 0 Å². The van der Waals surface area contributed by atoms with Crippen LogP contribution in [0.15, 0.2) is 97.3 Å². The number of thiophene rings is 1. The SMILES string of the molecule is c1ccc2c(c1)ccc1nc(-c3cc4c(nc5ccccn54)c4sc5ccccc5c34)ncc12. The van der Waals surface area contributed by atoms with E-state index in [0.29, 0.717) is 0 Å².